The summed E-state index contributed by atoms with van der Waals surface area (Å²) in [6.07, 6.45) is 2.39. The predicted octanol–water partition coefficient (Wildman–Crippen LogP) is 4.91. The van der Waals surface area contributed by atoms with Crippen LogP contribution in [0.4, 0.5) is 0 Å². The van der Waals surface area contributed by atoms with Crippen molar-refractivity contribution in [3.63, 3.8) is 0 Å². The molecule has 0 saturated heterocycles. The fraction of sp³-hybridized carbons (Fsp3) is 1.00. The topological polar surface area (TPSA) is 39.7 Å². The summed E-state index contributed by atoms with van der Waals surface area (Å²) in [6.45, 7) is 17.7. The van der Waals surface area contributed by atoms with Crippen molar-refractivity contribution in [2.45, 2.75) is 84.6 Å². The maximum absolute atomic E-state index is 6.15. The lowest BCUT2D eigenvalue weighted by Crippen LogP contribution is -2.42. The quantitative estimate of drug-likeness (QED) is 0.289. The van der Waals surface area contributed by atoms with E-state index in [1.165, 1.54) is 24.6 Å². The van der Waals surface area contributed by atoms with Crippen LogP contribution in [0.2, 0.25) is 30.2 Å². The summed E-state index contributed by atoms with van der Waals surface area (Å²) in [4.78, 5) is 0. The molecule has 0 saturated carbocycles. The molecule has 0 amide bonds. The van der Waals surface area contributed by atoms with Crippen molar-refractivity contribution in [1.82, 2.24) is 5.32 Å². The van der Waals surface area contributed by atoms with Crippen LogP contribution in [0.5, 0.6) is 0 Å². The van der Waals surface area contributed by atoms with Gasteiger partial charge in [-0.05, 0) is 76.9 Å². The van der Waals surface area contributed by atoms with Gasteiger partial charge in [-0.25, -0.2) is 0 Å². The van der Waals surface area contributed by atoms with Crippen LogP contribution in [-0.2, 0) is 13.3 Å². The molecule has 24 heavy (non-hydrogen) atoms. The first-order valence-electron chi connectivity index (χ1n) is 10.2. The second-order valence-electron chi connectivity index (χ2n) is 6.41. The first-order chi connectivity index (χ1) is 11.6. The van der Waals surface area contributed by atoms with Crippen molar-refractivity contribution in [2.24, 2.45) is 0 Å². The lowest BCUT2D eigenvalue weighted by Gasteiger charge is -2.29. The summed E-state index contributed by atoms with van der Waals surface area (Å²) >= 11 is 0. The van der Waals surface area contributed by atoms with Crippen LogP contribution >= 0.6 is 0 Å². The summed E-state index contributed by atoms with van der Waals surface area (Å²) in [5, 5.41) is 3.61. The van der Waals surface area contributed by atoms with Gasteiger partial charge in [0.15, 0.2) is 8.32 Å². The second kappa shape index (κ2) is 14.4. The summed E-state index contributed by atoms with van der Waals surface area (Å²) in [7, 11) is -3.39. The molecule has 4 nitrogen and oxygen atoms in total. The van der Waals surface area contributed by atoms with E-state index in [0.29, 0.717) is 0 Å². The summed E-state index contributed by atoms with van der Waals surface area (Å²) < 4.78 is 18.2. The lowest BCUT2D eigenvalue weighted by molar-refractivity contribution is 0.182. The van der Waals surface area contributed by atoms with Gasteiger partial charge in [-0.1, -0.05) is 20.8 Å². The first-order valence-corrected chi connectivity index (χ1v) is 15.0. The Morgan fingerprint density at radius 2 is 1.12 bits per heavy atom. The monoisotopic (exact) mass is 377 g/mol. The molecule has 0 unspecified atom stereocenters. The molecule has 0 radical (unpaired) electrons. The Labute approximate surface area is 153 Å². The van der Waals surface area contributed by atoms with Crippen LogP contribution in [0.3, 0.4) is 0 Å². The molecule has 0 bridgehead atoms. The highest BCUT2D eigenvalue weighted by atomic mass is 28.4. The highest BCUT2D eigenvalue weighted by molar-refractivity contribution is 6.73. The van der Waals surface area contributed by atoms with Crippen LogP contribution in [0.15, 0.2) is 0 Å². The van der Waals surface area contributed by atoms with Crippen molar-refractivity contribution in [2.75, 3.05) is 32.9 Å². The highest BCUT2D eigenvalue weighted by Gasteiger charge is 2.34. The number of hydrogen-bond acceptors (Lipinski definition) is 4. The average Bonchev–Trinajstić information content (AvgIpc) is 2.60. The molecule has 0 heterocycles. The molecule has 0 aliphatic rings. The van der Waals surface area contributed by atoms with Crippen LogP contribution in [0.25, 0.3) is 0 Å². The molecule has 0 aromatic heterocycles. The van der Waals surface area contributed by atoms with E-state index in [2.05, 4.69) is 46.9 Å². The Balaban J connectivity index is 4.00. The minimum Gasteiger partial charge on any atom is -0.417 e. The summed E-state index contributed by atoms with van der Waals surface area (Å²) in [5.41, 5.74) is 0. The summed E-state index contributed by atoms with van der Waals surface area (Å²) in [5.74, 6) is 0. The minimum absolute atomic E-state index is 0.770. The van der Waals surface area contributed by atoms with Crippen molar-refractivity contribution < 1.29 is 13.3 Å². The largest absolute Gasteiger partial charge is 0.417 e. The molecule has 6 heteroatoms. The third kappa shape index (κ3) is 9.10. The molecule has 0 aliphatic heterocycles. The molecular formula is C18H43NO3Si2. The molecular weight excluding hydrogens is 334 g/mol. The number of nitrogens with one attached hydrogen (secondary N) is 1. The number of rotatable bonds is 17. The van der Waals surface area contributed by atoms with E-state index in [0.717, 1.165) is 51.4 Å². The van der Waals surface area contributed by atoms with Gasteiger partial charge in [0.05, 0.1) is 0 Å². The van der Waals surface area contributed by atoms with Gasteiger partial charge < -0.3 is 18.6 Å². The molecule has 1 N–H and O–H groups in total. The van der Waals surface area contributed by atoms with Crippen LogP contribution in [0.1, 0.15) is 54.4 Å². The molecule has 146 valence electrons. The van der Waals surface area contributed by atoms with Gasteiger partial charge in [-0.15, -0.1) is 0 Å². The van der Waals surface area contributed by atoms with Crippen LogP contribution in [-0.4, -0.2) is 49.8 Å². The maximum Gasteiger partial charge on any atom is 0.337 e. The molecule has 0 fully saturated rings. The predicted molar refractivity (Wildman–Crippen MR) is 110 cm³/mol. The summed E-state index contributed by atoms with van der Waals surface area (Å²) in [6, 6.07) is 5.91. The van der Waals surface area contributed by atoms with Crippen LogP contribution in [0, 0.1) is 0 Å². The fourth-order valence-electron chi connectivity index (χ4n) is 3.42. The Morgan fingerprint density at radius 3 is 1.54 bits per heavy atom. The molecule has 0 rings (SSSR count). The van der Waals surface area contributed by atoms with Gasteiger partial charge in [0.1, 0.15) is 0 Å². The van der Waals surface area contributed by atoms with Crippen molar-refractivity contribution >= 4 is 16.9 Å². The van der Waals surface area contributed by atoms with Crippen molar-refractivity contribution in [3.05, 3.63) is 0 Å². The zero-order chi connectivity index (χ0) is 18.3. The van der Waals surface area contributed by atoms with Gasteiger partial charge >= 0.3 is 8.56 Å². The van der Waals surface area contributed by atoms with Crippen molar-refractivity contribution in [3.8, 4) is 0 Å². The zero-order valence-electron chi connectivity index (χ0n) is 17.2. The number of hydrogen-bond donors (Lipinski definition) is 1. The smallest absolute Gasteiger partial charge is 0.337 e. The molecule has 0 aromatic rings. The fourth-order valence-corrected chi connectivity index (χ4v) is 9.52. The SMILES string of the molecule is CCO[Si](CC)(CC)CCCNCCC[Si](CC)(OCC)OCC. The average molecular weight is 378 g/mol. The zero-order valence-corrected chi connectivity index (χ0v) is 19.2. The molecule has 0 atom stereocenters. The van der Waals surface area contributed by atoms with E-state index >= 15 is 0 Å². The van der Waals surface area contributed by atoms with Gasteiger partial charge in [0.25, 0.3) is 0 Å². The minimum atomic E-state index is -1.94. The lowest BCUT2D eigenvalue weighted by atomic mass is 10.4. The van der Waals surface area contributed by atoms with E-state index in [-0.39, 0.29) is 0 Å². The molecule has 0 aromatic carbocycles. The van der Waals surface area contributed by atoms with Crippen molar-refractivity contribution in [1.29, 1.82) is 0 Å². The van der Waals surface area contributed by atoms with E-state index in [1.54, 1.807) is 0 Å². The Kier molecular flexibility index (Phi) is 14.6. The second-order valence-corrected chi connectivity index (χ2v) is 14.6. The van der Waals surface area contributed by atoms with E-state index < -0.39 is 16.9 Å². The Bertz CT molecular complexity index is 283. The highest BCUT2D eigenvalue weighted by Crippen LogP contribution is 2.23. The maximum atomic E-state index is 6.15. The van der Waals surface area contributed by atoms with Gasteiger partial charge in [-0.2, -0.15) is 0 Å². The normalized spacial score (nSPS) is 12.8. The first kappa shape index (κ1) is 24.3. The van der Waals surface area contributed by atoms with Gasteiger partial charge in [0.2, 0.25) is 0 Å². The molecule has 0 spiro atoms. The Hall–Kier alpha value is 0.274. The van der Waals surface area contributed by atoms with E-state index in [4.69, 9.17) is 13.3 Å². The van der Waals surface area contributed by atoms with Gasteiger partial charge in [0, 0.05) is 19.8 Å². The van der Waals surface area contributed by atoms with E-state index in [1.807, 2.05) is 0 Å². The third-order valence-electron chi connectivity index (χ3n) is 4.99. The Morgan fingerprint density at radius 1 is 0.625 bits per heavy atom. The third-order valence-corrected chi connectivity index (χ3v) is 13.6. The van der Waals surface area contributed by atoms with Crippen LogP contribution < -0.4 is 5.32 Å². The molecule has 0 aliphatic carbocycles. The van der Waals surface area contributed by atoms with Gasteiger partial charge in [-0.3, -0.25) is 0 Å². The standard InChI is InChI=1S/C18H43NO3Si2/c1-7-20-23(10-4,11-5)17-13-15-19-16-14-18-24(12-6,21-8-2)22-9-3/h19H,7-18H2,1-6H3. The van der Waals surface area contributed by atoms with E-state index in [9.17, 15) is 0 Å².